The van der Waals surface area contributed by atoms with Gasteiger partial charge >= 0.3 is 0 Å². The van der Waals surface area contributed by atoms with Crippen LogP contribution in [0.4, 0.5) is 4.39 Å². The van der Waals surface area contributed by atoms with Crippen molar-refractivity contribution in [2.75, 3.05) is 32.7 Å². The lowest BCUT2D eigenvalue weighted by Crippen LogP contribution is -2.49. The Kier molecular flexibility index (Phi) is 8.06. The number of rotatable bonds is 7. The molecule has 3 heterocycles. The summed E-state index contributed by atoms with van der Waals surface area (Å²) >= 11 is 0. The van der Waals surface area contributed by atoms with Gasteiger partial charge in [0.05, 0.1) is 6.54 Å². The SMILES string of the molecule is Cl.O=C(CN[C@@H]1C[C@H]1c1ccccc1OCc1cccnc1F)N1CCC2(CCNCC2)CC1. The Morgan fingerprint density at radius 1 is 1.15 bits per heavy atom. The van der Waals surface area contributed by atoms with Crippen LogP contribution in [0.2, 0.25) is 0 Å². The number of nitrogens with zero attached hydrogens (tertiary/aromatic N) is 2. The predicted molar refractivity (Wildman–Crippen MR) is 132 cm³/mol. The number of ether oxygens (including phenoxy) is 1. The van der Waals surface area contributed by atoms with Crippen molar-refractivity contribution in [1.29, 1.82) is 0 Å². The van der Waals surface area contributed by atoms with Crippen molar-refractivity contribution >= 4 is 18.3 Å². The van der Waals surface area contributed by atoms with E-state index in [4.69, 9.17) is 4.74 Å². The molecule has 184 valence electrons. The summed E-state index contributed by atoms with van der Waals surface area (Å²) < 4.78 is 19.8. The Bertz CT molecular complexity index is 975. The molecule has 0 bridgehead atoms. The second-order valence-electron chi connectivity index (χ2n) is 9.74. The Morgan fingerprint density at radius 2 is 1.91 bits per heavy atom. The smallest absolute Gasteiger partial charge is 0.236 e. The van der Waals surface area contributed by atoms with E-state index in [0.29, 0.717) is 23.4 Å². The van der Waals surface area contributed by atoms with Gasteiger partial charge in [-0.1, -0.05) is 18.2 Å². The quantitative estimate of drug-likeness (QED) is 0.582. The summed E-state index contributed by atoms with van der Waals surface area (Å²) in [5, 5.41) is 6.91. The van der Waals surface area contributed by atoms with Crippen LogP contribution in [-0.4, -0.2) is 54.6 Å². The lowest BCUT2D eigenvalue weighted by atomic mass is 9.71. The zero-order valence-corrected chi connectivity index (χ0v) is 20.3. The minimum Gasteiger partial charge on any atom is -0.488 e. The summed E-state index contributed by atoms with van der Waals surface area (Å²) in [6.07, 6.45) is 7.16. The van der Waals surface area contributed by atoms with Gasteiger partial charge in [-0.25, -0.2) is 4.98 Å². The minimum absolute atomic E-state index is 0. The monoisotopic (exact) mass is 488 g/mol. The predicted octanol–water partition coefficient (Wildman–Crippen LogP) is 3.66. The van der Waals surface area contributed by atoms with Gasteiger partial charge < -0.3 is 20.3 Å². The van der Waals surface area contributed by atoms with Crippen LogP contribution in [0.5, 0.6) is 5.75 Å². The fourth-order valence-corrected chi connectivity index (χ4v) is 5.38. The summed E-state index contributed by atoms with van der Waals surface area (Å²) in [5.41, 5.74) is 2.01. The third-order valence-corrected chi connectivity index (χ3v) is 7.68. The topological polar surface area (TPSA) is 66.5 Å². The number of likely N-dealkylation sites (tertiary alicyclic amines) is 1. The van der Waals surface area contributed by atoms with Gasteiger partial charge in [0.25, 0.3) is 0 Å². The third-order valence-electron chi connectivity index (χ3n) is 7.68. The maximum Gasteiger partial charge on any atom is 0.236 e. The molecule has 5 rings (SSSR count). The fraction of sp³-hybridized carbons (Fsp3) is 0.538. The first-order chi connectivity index (χ1) is 16.1. The van der Waals surface area contributed by atoms with Crippen LogP contribution < -0.4 is 15.4 Å². The van der Waals surface area contributed by atoms with E-state index < -0.39 is 5.95 Å². The van der Waals surface area contributed by atoms with Gasteiger partial charge in [-0.3, -0.25) is 4.79 Å². The first-order valence-corrected chi connectivity index (χ1v) is 12.2. The molecule has 2 atom stereocenters. The van der Waals surface area contributed by atoms with Crippen molar-refractivity contribution in [3.8, 4) is 5.75 Å². The largest absolute Gasteiger partial charge is 0.488 e. The molecule has 2 aliphatic heterocycles. The Hall–Kier alpha value is -2.22. The normalized spacial score (nSPS) is 23.3. The number of carbonyl (C=O) groups is 1. The Morgan fingerprint density at radius 3 is 2.68 bits per heavy atom. The van der Waals surface area contributed by atoms with Crippen molar-refractivity contribution < 1.29 is 13.9 Å². The molecule has 2 saturated heterocycles. The van der Waals surface area contributed by atoms with Crippen LogP contribution in [0, 0.1) is 11.4 Å². The molecule has 1 amide bonds. The molecule has 34 heavy (non-hydrogen) atoms. The average molecular weight is 489 g/mol. The number of carbonyl (C=O) groups excluding carboxylic acids is 1. The molecular weight excluding hydrogens is 455 g/mol. The Labute approximate surface area is 207 Å². The highest BCUT2D eigenvalue weighted by Gasteiger charge is 2.41. The molecule has 3 fully saturated rings. The number of hydrogen-bond acceptors (Lipinski definition) is 5. The highest BCUT2D eigenvalue weighted by atomic mass is 35.5. The van der Waals surface area contributed by atoms with Crippen molar-refractivity contribution in [2.45, 2.75) is 50.7 Å². The second-order valence-corrected chi connectivity index (χ2v) is 9.74. The van der Waals surface area contributed by atoms with Crippen molar-refractivity contribution in [2.24, 2.45) is 5.41 Å². The number of piperidine rings is 2. The van der Waals surface area contributed by atoms with Crippen LogP contribution in [0.3, 0.4) is 0 Å². The van der Waals surface area contributed by atoms with Gasteiger partial charge in [0.1, 0.15) is 12.4 Å². The number of amides is 1. The molecule has 3 aliphatic rings. The Balaban J connectivity index is 0.00000274. The number of benzene rings is 1. The standard InChI is InChI=1S/C26H33FN4O2.ClH/c27-25-19(4-3-11-29-25)18-33-23-6-2-1-5-20(23)21-16-22(21)30-17-24(32)31-14-9-26(10-15-31)7-12-28-13-8-26;/h1-6,11,21-22,28,30H,7-10,12-18H2;1H/t21-,22+;/m0./s1. The number of hydrogen-bond donors (Lipinski definition) is 2. The molecule has 0 radical (unpaired) electrons. The molecule has 2 aromatic rings. The zero-order valence-electron chi connectivity index (χ0n) is 19.5. The van der Waals surface area contributed by atoms with Gasteiger partial charge in [-0.05, 0) is 74.4 Å². The number of para-hydroxylation sites is 1. The highest BCUT2D eigenvalue weighted by molar-refractivity contribution is 5.85. The van der Waals surface area contributed by atoms with Gasteiger partial charge in [0.2, 0.25) is 11.9 Å². The van der Waals surface area contributed by atoms with E-state index in [1.807, 2.05) is 23.1 Å². The molecule has 2 N–H and O–H groups in total. The van der Waals surface area contributed by atoms with E-state index in [1.54, 1.807) is 12.1 Å². The van der Waals surface area contributed by atoms with Gasteiger partial charge in [-0.2, -0.15) is 4.39 Å². The summed E-state index contributed by atoms with van der Waals surface area (Å²) in [7, 11) is 0. The lowest BCUT2D eigenvalue weighted by molar-refractivity contribution is -0.132. The van der Waals surface area contributed by atoms with Crippen LogP contribution in [0.25, 0.3) is 0 Å². The third kappa shape index (κ3) is 5.70. The molecule has 8 heteroatoms. The molecule has 0 unspecified atom stereocenters. The van der Waals surface area contributed by atoms with Gasteiger partial charge in [0, 0.05) is 36.8 Å². The molecular formula is C26H34ClFN4O2. The summed E-state index contributed by atoms with van der Waals surface area (Å²) in [4.78, 5) is 18.5. The minimum atomic E-state index is -0.497. The van der Waals surface area contributed by atoms with Crippen LogP contribution in [0.1, 0.15) is 49.1 Å². The van der Waals surface area contributed by atoms with Crippen LogP contribution in [-0.2, 0) is 11.4 Å². The second kappa shape index (κ2) is 11.0. The molecule has 1 aliphatic carbocycles. The summed E-state index contributed by atoms with van der Waals surface area (Å²) in [5.74, 6) is 0.793. The van der Waals surface area contributed by atoms with Crippen molar-refractivity contribution in [1.82, 2.24) is 20.5 Å². The molecule has 1 aromatic heterocycles. The first-order valence-electron chi connectivity index (χ1n) is 12.2. The van der Waals surface area contributed by atoms with E-state index in [2.05, 4.69) is 21.7 Å². The molecule has 1 spiro atoms. The molecule has 6 nitrogen and oxygen atoms in total. The van der Waals surface area contributed by atoms with E-state index in [-0.39, 0.29) is 31.0 Å². The fourth-order valence-electron chi connectivity index (χ4n) is 5.38. The van der Waals surface area contributed by atoms with Crippen molar-refractivity contribution in [3.63, 3.8) is 0 Å². The number of halogens is 2. The first kappa shape index (κ1) is 24.9. The highest BCUT2D eigenvalue weighted by Crippen LogP contribution is 2.45. The van der Waals surface area contributed by atoms with Crippen LogP contribution in [0.15, 0.2) is 42.6 Å². The zero-order chi connectivity index (χ0) is 22.7. The van der Waals surface area contributed by atoms with Crippen LogP contribution >= 0.6 is 12.4 Å². The maximum atomic E-state index is 13.8. The van der Waals surface area contributed by atoms with Gasteiger partial charge in [0.15, 0.2) is 0 Å². The lowest BCUT2D eigenvalue weighted by Gasteiger charge is -2.44. The van der Waals surface area contributed by atoms with E-state index in [1.165, 1.54) is 19.0 Å². The molecule has 1 aromatic carbocycles. The maximum absolute atomic E-state index is 13.8. The van der Waals surface area contributed by atoms with E-state index >= 15 is 0 Å². The molecule has 1 saturated carbocycles. The average Bonchev–Trinajstić information content (AvgIpc) is 3.63. The van der Waals surface area contributed by atoms with E-state index in [9.17, 15) is 9.18 Å². The van der Waals surface area contributed by atoms with Gasteiger partial charge in [-0.15, -0.1) is 12.4 Å². The summed E-state index contributed by atoms with van der Waals surface area (Å²) in [6.45, 7) is 4.53. The number of pyridine rings is 1. The number of nitrogens with one attached hydrogen (secondary N) is 2. The van der Waals surface area contributed by atoms with E-state index in [0.717, 1.165) is 56.8 Å². The summed E-state index contributed by atoms with van der Waals surface area (Å²) in [6, 6.07) is 11.6. The van der Waals surface area contributed by atoms with Crippen molar-refractivity contribution in [3.05, 3.63) is 59.7 Å². The number of aromatic nitrogens is 1.